The SMILES string of the molecule is CCN(C[C@H]1CCOC1)C(=O)c1cccc(Oc2ccncc2)c1. The Bertz CT molecular complexity index is 669. The standard InChI is InChI=1S/C19H22N2O3/c1-2-21(13-15-8-11-23-14-15)19(22)16-4-3-5-18(12-16)24-17-6-9-20-10-7-17/h3-7,9-10,12,15H,2,8,11,13-14H2,1H3/t15-/m1/s1. The predicted octanol–water partition coefficient (Wildman–Crippen LogP) is 3.37. The molecular formula is C19H22N2O3. The Hall–Kier alpha value is -2.40. The molecule has 1 amide bonds. The van der Waals surface area contributed by atoms with E-state index >= 15 is 0 Å². The van der Waals surface area contributed by atoms with E-state index in [0.29, 0.717) is 29.5 Å². The van der Waals surface area contributed by atoms with E-state index in [1.54, 1.807) is 30.6 Å². The average molecular weight is 326 g/mol. The molecule has 1 aromatic carbocycles. The number of carbonyl (C=O) groups excluding carboxylic acids is 1. The third-order valence-corrected chi connectivity index (χ3v) is 4.14. The molecule has 1 aromatic heterocycles. The maximum atomic E-state index is 12.8. The Kier molecular flexibility index (Phi) is 5.43. The lowest BCUT2D eigenvalue weighted by Gasteiger charge is -2.24. The maximum Gasteiger partial charge on any atom is 0.253 e. The summed E-state index contributed by atoms with van der Waals surface area (Å²) in [5.74, 6) is 1.81. The van der Waals surface area contributed by atoms with Crippen LogP contribution < -0.4 is 4.74 Å². The monoisotopic (exact) mass is 326 g/mol. The molecule has 2 aromatic rings. The minimum Gasteiger partial charge on any atom is -0.457 e. The number of ether oxygens (including phenoxy) is 2. The van der Waals surface area contributed by atoms with Gasteiger partial charge < -0.3 is 14.4 Å². The Labute approximate surface area is 142 Å². The van der Waals surface area contributed by atoms with Crippen LogP contribution in [0.1, 0.15) is 23.7 Å². The molecule has 1 atom stereocenters. The maximum absolute atomic E-state index is 12.8. The number of hydrogen-bond donors (Lipinski definition) is 0. The van der Waals surface area contributed by atoms with Crippen molar-refractivity contribution in [3.8, 4) is 11.5 Å². The van der Waals surface area contributed by atoms with Gasteiger partial charge in [0.1, 0.15) is 11.5 Å². The van der Waals surface area contributed by atoms with Gasteiger partial charge in [-0.05, 0) is 43.7 Å². The van der Waals surface area contributed by atoms with E-state index in [0.717, 1.165) is 26.2 Å². The van der Waals surface area contributed by atoms with E-state index in [9.17, 15) is 4.79 Å². The van der Waals surface area contributed by atoms with Gasteiger partial charge in [0.05, 0.1) is 6.61 Å². The van der Waals surface area contributed by atoms with Crippen LogP contribution in [0, 0.1) is 5.92 Å². The van der Waals surface area contributed by atoms with E-state index in [1.165, 1.54) is 0 Å². The minimum absolute atomic E-state index is 0.0320. The topological polar surface area (TPSA) is 51.7 Å². The highest BCUT2D eigenvalue weighted by molar-refractivity contribution is 5.94. The van der Waals surface area contributed by atoms with Gasteiger partial charge in [0.25, 0.3) is 5.91 Å². The van der Waals surface area contributed by atoms with Crippen molar-refractivity contribution in [1.82, 2.24) is 9.88 Å². The first-order valence-electron chi connectivity index (χ1n) is 8.31. The second kappa shape index (κ2) is 7.93. The molecule has 0 spiro atoms. The summed E-state index contributed by atoms with van der Waals surface area (Å²) < 4.78 is 11.2. The Balaban J connectivity index is 1.70. The van der Waals surface area contributed by atoms with Crippen molar-refractivity contribution in [2.75, 3.05) is 26.3 Å². The molecule has 0 radical (unpaired) electrons. The van der Waals surface area contributed by atoms with Crippen molar-refractivity contribution < 1.29 is 14.3 Å². The Morgan fingerprint density at radius 2 is 2.12 bits per heavy atom. The first-order chi connectivity index (χ1) is 11.8. The van der Waals surface area contributed by atoms with Crippen molar-refractivity contribution in [3.05, 3.63) is 54.4 Å². The smallest absolute Gasteiger partial charge is 0.253 e. The lowest BCUT2D eigenvalue weighted by Crippen LogP contribution is -2.35. The summed E-state index contributed by atoms with van der Waals surface area (Å²) >= 11 is 0. The number of aromatic nitrogens is 1. The molecule has 126 valence electrons. The molecule has 0 bridgehead atoms. The summed E-state index contributed by atoms with van der Waals surface area (Å²) in [5, 5.41) is 0. The van der Waals surface area contributed by atoms with E-state index in [1.807, 2.05) is 30.0 Å². The molecule has 0 unspecified atom stereocenters. The first kappa shape index (κ1) is 16.5. The zero-order valence-corrected chi connectivity index (χ0v) is 13.9. The molecule has 1 fully saturated rings. The quantitative estimate of drug-likeness (QED) is 0.817. The van der Waals surface area contributed by atoms with Gasteiger partial charge in [-0.3, -0.25) is 9.78 Å². The van der Waals surface area contributed by atoms with Crippen LogP contribution >= 0.6 is 0 Å². The fourth-order valence-electron chi connectivity index (χ4n) is 2.81. The van der Waals surface area contributed by atoms with E-state index in [-0.39, 0.29) is 5.91 Å². The zero-order valence-electron chi connectivity index (χ0n) is 13.9. The van der Waals surface area contributed by atoms with Gasteiger partial charge in [0.2, 0.25) is 0 Å². The van der Waals surface area contributed by atoms with E-state index in [2.05, 4.69) is 4.98 Å². The zero-order chi connectivity index (χ0) is 16.8. The number of nitrogens with zero attached hydrogens (tertiary/aromatic N) is 2. The largest absolute Gasteiger partial charge is 0.457 e. The van der Waals surface area contributed by atoms with Gasteiger partial charge in [-0.25, -0.2) is 0 Å². The van der Waals surface area contributed by atoms with Crippen LogP contribution in [0.3, 0.4) is 0 Å². The number of amides is 1. The second-order valence-corrected chi connectivity index (χ2v) is 5.89. The van der Waals surface area contributed by atoms with Crippen LogP contribution in [0.25, 0.3) is 0 Å². The number of hydrogen-bond acceptors (Lipinski definition) is 4. The van der Waals surface area contributed by atoms with Crippen LogP contribution in [-0.2, 0) is 4.74 Å². The highest BCUT2D eigenvalue weighted by Gasteiger charge is 2.22. The Morgan fingerprint density at radius 1 is 1.29 bits per heavy atom. The van der Waals surface area contributed by atoms with Crippen molar-refractivity contribution >= 4 is 5.91 Å². The molecule has 0 saturated carbocycles. The van der Waals surface area contributed by atoms with Crippen molar-refractivity contribution in [1.29, 1.82) is 0 Å². The van der Waals surface area contributed by atoms with Crippen molar-refractivity contribution in [2.45, 2.75) is 13.3 Å². The van der Waals surface area contributed by atoms with E-state index < -0.39 is 0 Å². The summed E-state index contributed by atoms with van der Waals surface area (Å²) in [6, 6.07) is 10.9. The van der Waals surface area contributed by atoms with Gasteiger partial charge in [0, 0.05) is 43.6 Å². The lowest BCUT2D eigenvalue weighted by atomic mass is 10.1. The summed E-state index contributed by atoms with van der Waals surface area (Å²) in [5.41, 5.74) is 0.641. The van der Waals surface area contributed by atoms with Crippen LogP contribution in [-0.4, -0.2) is 42.1 Å². The van der Waals surface area contributed by atoms with Crippen LogP contribution in [0.4, 0.5) is 0 Å². The highest BCUT2D eigenvalue weighted by Crippen LogP contribution is 2.22. The molecule has 5 nitrogen and oxygen atoms in total. The fourth-order valence-corrected chi connectivity index (χ4v) is 2.81. The summed E-state index contributed by atoms with van der Waals surface area (Å²) in [7, 11) is 0. The predicted molar refractivity (Wildman–Crippen MR) is 91.3 cm³/mol. The van der Waals surface area contributed by atoms with Crippen LogP contribution in [0.15, 0.2) is 48.8 Å². The molecule has 0 aliphatic carbocycles. The molecule has 5 heteroatoms. The van der Waals surface area contributed by atoms with Gasteiger partial charge in [-0.1, -0.05) is 6.07 Å². The minimum atomic E-state index is 0.0320. The number of carbonyl (C=O) groups is 1. The molecule has 1 aliphatic rings. The van der Waals surface area contributed by atoms with Crippen LogP contribution in [0.5, 0.6) is 11.5 Å². The summed E-state index contributed by atoms with van der Waals surface area (Å²) in [4.78, 5) is 18.6. The third kappa shape index (κ3) is 4.11. The Morgan fingerprint density at radius 3 is 2.83 bits per heavy atom. The second-order valence-electron chi connectivity index (χ2n) is 5.89. The first-order valence-corrected chi connectivity index (χ1v) is 8.31. The molecule has 3 rings (SSSR count). The molecule has 24 heavy (non-hydrogen) atoms. The molecule has 1 aliphatic heterocycles. The van der Waals surface area contributed by atoms with Crippen molar-refractivity contribution in [2.24, 2.45) is 5.92 Å². The number of rotatable bonds is 6. The average Bonchev–Trinajstić information content (AvgIpc) is 3.13. The third-order valence-electron chi connectivity index (χ3n) is 4.14. The number of benzene rings is 1. The summed E-state index contributed by atoms with van der Waals surface area (Å²) in [6.07, 6.45) is 4.37. The highest BCUT2D eigenvalue weighted by atomic mass is 16.5. The molecule has 0 N–H and O–H groups in total. The van der Waals surface area contributed by atoms with Crippen molar-refractivity contribution in [3.63, 3.8) is 0 Å². The van der Waals surface area contributed by atoms with Gasteiger partial charge >= 0.3 is 0 Å². The normalized spacial score (nSPS) is 16.8. The molecule has 2 heterocycles. The number of pyridine rings is 1. The van der Waals surface area contributed by atoms with Crippen LogP contribution in [0.2, 0.25) is 0 Å². The van der Waals surface area contributed by atoms with E-state index in [4.69, 9.17) is 9.47 Å². The fraction of sp³-hybridized carbons (Fsp3) is 0.368. The molecule has 1 saturated heterocycles. The lowest BCUT2D eigenvalue weighted by molar-refractivity contribution is 0.0730. The van der Waals surface area contributed by atoms with Gasteiger partial charge in [-0.15, -0.1) is 0 Å². The summed E-state index contributed by atoms with van der Waals surface area (Å²) in [6.45, 7) is 4.97. The molecular weight excluding hydrogens is 304 g/mol. The van der Waals surface area contributed by atoms with Gasteiger partial charge in [-0.2, -0.15) is 0 Å². The van der Waals surface area contributed by atoms with Gasteiger partial charge in [0.15, 0.2) is 0 Å².